The van der Waals surface area contributed by atoms with Crippen LogP contribution in [0.25, 0.3) is 0 Å². The number of amides is 2. The molecule has 2 amide bonds. The number of carbonyl (C=O) groups excluding carboxylic acids is 2. The average molecular weight is 290 g/mol. The predicted octanol–water partition coefficient (Wildman–Crippen LogP) is 1.45. The van der Waals surface area contributed by atoms with Crippen molar-refractivity contribution >= 4 is 11.8 Å². The second-order valence-corrected chi connectivity index (χ2v) is 6.36. The molecule has 0 radical (unpaired) electrons. The van der Waals surface area contributed by atoms with E-state index in [2.05, 4.69) is 15.5 Å². The van der Waals surface area contributed by atoms with E-state index >= 15 is 0 Å². The molecule has 0 unspecified atom stereocenters. The third-order valence-corrected chi connectivity index (χ3v) is 4.74. The molecular formula is C15H22N4O2. The highest BCUT2D eigenvalue weighted by atomic mass is 16.2. The molecule has 3 rings (SSSR count). The van der Waals surface area contributed by atoms with Gasteiger partial charge in [-0.3, -0.25) is 14.7 Å². The Morgan fingerprint density at radius 3 is 2.67 bits per heavy atom. The van der Waals surface area contributed by atoms with Gasteiger partial charge in [-0.2, -0.15) is 5.10 Å². The largest absolute Gasteiger partial charge is 0.364 e. The highest BCUT2D eigenvalue weighted by molar-refractivity contribution is 5.90. The van der Waals surface area contributed by atoms with Crippen molar-refractivity contribution in [2.45, 2.75) is 56.9 Å². The normalized spacial score (nSPS) is 25.5. The van der Waals surface area contributed by atoms with Crippen LogP contribution >= 0.6 is 0 Å². The number of nitrogens with one attached hydrogen (secondary N) is 2. The fraction of sp³-hybridized carbons (Fsp3) is 0.667. The zero-order chi connectivity index (χ0) is 14.8. The van der Waals surface area contributed by atoms with Gasteiger partial charge in [0.1, 0.15) is 5.69 Å². The highest BCUT2D eigenvalue weighted by Crippen LogP contribution is 2.36. The van der Waals surface area contributed by atoms with E-state index < -0.39 is 5.91 Å². The molecule has 2 aliphatic rings. The van der Waals surface area contributed by atoms with Crippen molar-refractivity contribution in [3.05, 3.63) is 17.5 Å². The van der Waals surface area contributed by atoms with Gasteiger partial charge < -0.3 is 11.1 Å². The Balaban J connectivity index is 1.42. The van der Waals surface area contributed by atoms with Crippen LogP contribution in [0.1, 0.15) is 67.0 Å². The predicted molar refractivity (Wildman–Crippen MR) is 77.6 cm³/mol. The van der Waals surface area contributed by atoms with E-state index in [1.807, 2.05) is 0 Å². The van der Waals surface area contributed by atoms with Crippen LogP contribution in [-0.2, 0) is 4.79 Å². The second-order valence-electron chi connectivity index (χ2n) is 6.36. The summed E-state index contributed by atoms with van der Waals surface area (Å²) in [5.74, 6) is 0.597. The first kappa shape index (κ1) is 14.1. The summed E-state index contributed by atoms with van der Waals surface area (Å²) in [5, 5.41) is 9.85. The number of aromatic nitrogens is 2. The molecule has 6 heteroatoms. The van der Waals surface area contributed by atoms with Crippen molar-refractivity contribution in [1.29, 1.82) is 0 Å². The molecule has 0 spiro atoms. The summed E-state index contributed by atoms with van der Waals surface area (Å²) < 4.78 is 0. The molecule has 2 fully saturated rings. The molecule has 1 heterocycles. The SMILES string of the molecule is NC(=O)c1cc(C2CC(NC(=O)CC3CCCC3)C2)[nH]n1. The van der Waals surface area contributed by atoms with Crippen LogP contribution in [0.3, 0.4) is 0 Å². The molecule has 0 aromatic carbocycles. The van der Waals surface area contributed by atoms with Crippen LogP contribution in [0.2, 0.25) is 0 Å². The molecule has 1 aromatic rings. The van der Waals surface area contributed by atoms with Gasteiger partial charge in [-0.1, -0.05) is 12.8 Å². The first-order chi connectivity index (χ1) is 10.1. The summed E-state index contributed by atoms with van der Waals surface area (Å²) in [4.78, 5) is 22.9. The molecule has 1 aromatic heterocycles. The Kier molecular flexibility index (Phi) is 3.94. The van der Waals surface area contributed by atoms with E-state index in [0.717, 1.165) is 18.5 Å². The second kappa shape index (κ2) is 5.87. The van der Waals surface area contributed by atoms with E-state index in [1.165, 1.54) is 25.7 Å². The van der Waals surface area contributed by atoms with Gasteiger partial charge in [0.25, 0.3) is 5.91 Å². The van der Waals surface area contributed by atoms with Crippen molar-refractivity contribution in [3.63, 3.8) is 0 Å². The molecule has 0 bridgehead atoms. The molecule has 114 valence electrons. The maximum absolute atomic E-state index is 11.9. The van der Waals surface area contributed by atoms with Gasteiger partial charge in [0.15, 0.2) is 0 Å². The minimum atomic E-state index is -0.516. The quantitative estimate of drug-likeness (QED) is 0.765. The highest BCUT2D eigenvalue weighted by Gasteiger charge is 2.33. The lowest BCUT2D eigenvalue weighted by Gasteiger charge is -2.35. The number of hydrogen-bond donors (Lipinski definition) is 3. The number of carbonyl (C=O) groups is 2. The minimum Gasteiger partial charge on any atom is -0.364 e. The number of rotatable bonds is 5. The summed E-state index contributed by atoms with van der Waals surface area (Å²) in [6, 6.07) is 1.97. The van der Waals surface area contributed by atoms with Crippen LogP contribution in [0, 0.1) is 5.92 Å². The minimum absolute atomic E-state index is 0.188. The molecule has 0 aliphatic heterocycles. The number of aromatic amines is 1. The van der Waals surface area contributed by atoms with E-state index in [1.54, 1.807) is 6.07 Å². The average Bonchev–Trinajstić information content (AvgIpc) is 3.03. The van der Waals surface area contributed by atoms with Gasteiger partial charge in [0.05, 0.1) is 0 Å². The van der Waals surface area contributed by atoms with E-state index in [9.17, 15) is 9.59 Å². The first-order valence-corrected chi connectivity index (χ1v) is 7.76. The smallest absolute Gasteiger partial charge is 0.269 e. The van der Waals surface area contributed by atoms with Gasteiger partial charge in [-0.25, -0.2) is 0 Å². The molecule has 6 nitrogen and oxygen atoms in total. The molecule has 0 saturated heterocycles. The fourth-order valence-corrected chi connectivity index (χ4v) is 3.42. The topological polar surface area (TPSA) is 101 Å². The van der Waals surface area contributed by atoms with Crippen LogP contribution < -0.4 is 11.1 Å². The van der Waals surface area contributed by atoms with Gasteiger partial charge in [-0.15, -0.1) is 0 Å². The van der Waals surface area contributed by atoms with Crippen molar-refractivity contribution in [2.24, 2.45) is 11.7 Å². The van der Waals surface area contributed by atoms with Crippen molar-refractivity contribution < 1.29 is 9.59 Å². The Morgan fingerprint density at radius 1 is 1.33 bits per heavy atom. The lowest BCUT2D eigenvalue weighted by molar-refractivity contribution is -0.123. The van der Waals surface area contributed by atoms with Gasteiger partial charge in [0.2, 0.25) is 5.91 Å². The third-order valence-electron chi connectivity index (χ3n) is 4.74. The summed E-state index contributed by atoms with van der Waals surface area (Å²) in [6.07, 6.45) is 7.41. The van der Waals surface area contributed by atoms with Crippen LogP contribution in [0.5, 0.6) is 0 Å². The lowest BCUT2D eigenvalue weighted by atomic mass is 9.78. The third kappa shape index (κ3) is 3.25. The summed E-state index contributed by atoms with van der Waals surface area (Å²) in [7, 11) is 0. The lowest BCUT2D eigenvalue weighted by Crippen LogP contribution is -2.43. The Hall–Kier alpha value is -1.85. The zero-order valence-corrected chi connectivity index (χ0v) is 12.1. The first-order valence-electron chi connectivity index (χ1n) is 7.76. The summed E-state index contributed by atoms with van der Waals surface area (Å²) >= 11 is 0. The molecule has 4 N–H and O–H groups in total. The maximum atomic E-state index is 11.9. The van der Waals surface area contributed by atoms with Gasteiger partial charge in [-0.05, 0) is 37.7 Å². The number of hydrogen-bond acceptors (Lipinski definition) is 3. The molecule has 21 heavy (non-hydrogen) atoms. The number of nitrogens with zero attached hydrogens (tertiary/aromatic N) is 1. The molecule has 2 aliphatic carbocycles. The van der Waals surface area contributed by atoms with Crippen LogP contribution in [-0.4, -0.2) is 28.1 Å². The Bertz CT molecular complexity index is 528. The van der Waals surface area contributed by atoms with Crippen LogP contribution in [0.4, 0.5) is 0 Å². The van der Waals surface area contributed by atoms with Gasteiger partial charge in [0, 0.05) is 24.1 Å². The monoisotopic (exact) mass is 290 g/mol. The number of H-pyrrole nitrogens is 1. The Labute approximate surface area is 123 Å². The maximum Gasteiger partial charge on any atom is 0.269 e. The molecular weight excluding hydrogens is 268 g/mol. The van der Waals surface area contributed by atoms with E-state index in [-0.39, 0.29) is 17.6 Å². The van der Waals surface area contributed by atoms with Crippen molar-refractivity contribution in [2.75, 3.05) is 0 Å². The van der Waals surface area contributed by atoms with Crippen molar-refractivity contribution in [1.82, 2.24) is 15.5 Å². The number of primary amides is 1. The molecule has 0 atom stereocenters. The fourth-order valence-electron chi connectivity index (χ4n) is 3.42. The zero-order valence-electron chi connectivity index (χ0n) is 12.1. The van der Waals surface area contributed by atoms with Crippen LogP contribution in [0.15, 0.2) is 6.07 Å². The van der Waals surface area contributed by atoms with Crippen molar-refractivity contribution in [3.8, 4) is 0 Å². The van der Waals surface area contributed by atoms with Gasteiger partial charge >= 0.3 is 0 Å². The van der Waals surface area contributed by atoms with E-state index in [0.29, 0.717) is 18.3 Å². The number of nitrogens with two attached hydrogens (primary N) is 1. The summed E-state index contributed by atoms with van der Waals surface area (Å²) in [6.45, 7) is 0. The summed E-state index contributed by atoms with van der Waals surface area (Å²) in [5.41, 5.74) is 6.39. The Morgan fingerprint density at radius 2 is 2.05 bits per heavy atom. The van der Waals surface area contributed by atoms with E-state index in [4.69, 9.17) is 5.73 Å². The standard InChI is InChI=1S/C15H22N4O2/c16-15(21)13-8-12(18-19-13)10-6-11(7-10)17-14(20)5-9-3-1-2-4-9/h8-11H,1-7H2,(H2,16,21)(H,17,20)(H,18,19). The molecule has 2 saturated carbocycles.